The van der Waals surface area contributed by atoms with Crippen molar-refractivity contribution in [2.75, 3.05) is 31.1 Å². The molecule has 128 valence electrons. The summed E-state index contributed by atoms with van der Waals surface area (Å²) in [6, 6.07) is 4.10. The fourth-order valence-electron chi connectivity index (χ4n) is 2.97. The maximum absolute atomic E-state index is 12.8. The minimum absolute atomic E-state index is 0.0866. The Morgan fingerprint density at radius 1 is 1.21 bits per heavy atom. The van der Waals surface area contributed by atoms with Crippen LogP contribution in [-0.2, 0) is 7.05 Å². The average molecular weight is 348 g/mol. The van der Waals surface area contributed by atoms with Gasteiger partial charge in [-0.2, -0.15) is 5.10 Å². The molecule has 0 atom stereocenters. The number of anilines is 1. The van der Waals surface area contributed by atoms with Crippen LogP contribution in [-0.4, -0.2) is 51.8 Å². The van der Waals surface area contributed by atoms with E-state index in [0.717, 1.165) is 36.6 Å². The number of hydrogen-bond donors (Lipinski definition) is 0. The molecule has 24 heavy (non-hydrogen) atoms. The van der Waals surface area contributed by atoms with Crippen LogP contribution in [0.3, 0.4) is 0 Å². The van der Waals surface area contributed by atoms with Gasteiger partial charge in [0.25, 0.3) is 5.91 Å². The second kappa shape index (κ2) is 6.81. The Kier molecular flexibility index (Phi) is 4.76. The molecule has 0 bridgehead atoms. The van der Waals surface area contributed by atoms with Crippen molar-refractivity contribution in [2.45, 2.75) is 20.3 Å². The third-order valence-electron chi connectivity index (χ3n) is 4.49. The van der Waals surface area contributed by atoms with Crippen LogP contribution in [0.5, 0.6) is 0 Å². The summed E-state index contributed by atoms with van der Waals surface area (Å²) in [5, 5.41) is 4.73. The zero-order chi connectivity index (χ0) is 17.3. The molecule has 0 N–H and O–H groups in total. The highest BCUT2D eigenvalue weighted by Crippen LogP contribution is 2.22. The third kappa shape index (κ3) is 3.24. The molecule has 1 amide bonds. The Morgan fingerprint density at radius 3 is 2.67 bits per heavy atom. The maximum Gasteiger partial charge on any atom is 0.275 e. The molecule has 1 saturated heterocycles. The van der Waals surface area contributed by atoms with Crippen molar-refractivity contribution in [1.29, 1.82) is 0 Å². The molecule has 3 heterocycles. The number of pyridine rings is 1. The fraction of sp³-hybridized carbons (Fsp3) is 0.471. The average Bonchev–Trinajstić information content (AvgIpc) is 2.76. The molecule has 3 rings (SSSR count). The minimum Gasteiger partial charge on any atom is -0.370 e. The number of aromatic nitrogens is 3. The third-order valence-corrected chi connectivity index (χ3v) is 4.94. The largest absolute Gasteiger partial charge is 0.370 e. The lowest BCUT2D eigenvalue weighted by Gasteiger charge is -2.23. The van der Waals surface area contributed by atoms with Gasteiger partial charge < -0.3 is 9.80 Å². The van der Waals surface area contributed by atoms with Crippen molar-refractivity contribution < 1.29 is 4.79 Å². The summed E-state index contributed by atoms with van der Waals surface area (Å²) in [7, 11) is 1.80. The molecule has 0 saturated carbocycles. The zero-order valence-electron chi connectivity index (χ0n) is 14.3. The first kappa shape index (κ1) is 16.8. The lowest BCUT2D eigenvalue weighted by molar-refractivity contribution is 0.0760. The van der Waals surface area contributed by atoms with Crippen molar-refractivity contribution in [3.05, 3.63) is 40.4 Å². The summed E-state index contributed by atoms with van der Waals surface area (Å²) in [4.78, 5) is 21.2. The van der Waals surface area contributed by atoms with Crippen molar-refractivity contribution in [3.63, 3.8) is 0 Å². The SMILES string of the molecule is Cc1cc(N2CCCN(C(=O)c3nn(C)c(C)c3Cl)CC2)ccn1. The molecule has 0 radical (unpaired) electrons. The Labute approximate surface area is 147 Å². The number of carbonyl (C=O) groups excluding carboxylic acids is 1. The van der Waals surface area contributed by atoms with E-state index in [-0.39, 0.29) is 5.91 Å². The number of aryl methyl sites for hydroxylation is 2. The maximum atomic E-state index is 12.8. The highest BCUT2D eigenvalue weighted by molar-refractivity contribution is 6.34. The van der Waals surface area contributed by atoms with Crippen LogP contribution in [0.25, 0.3) is 0 Å². The van der Waals surface area contributed by atoms with Crippen LogP contribution in [0.15, 0.2) is 18.3 Å². The minimum atomic E-state index is -0.0866. The van der Waals surface area contributed by atoms with E-state index < -0.39 is 0 Å². The molecule has 0 spiro atoms. The molecule has 2 aromatic heterocycles. The van der Waals surface area contributed by atoms with Crippen molar-refractivity contribution in [3.8, 4) is 0 Å². The van der Waals surface area contributed by atoms with Crippen molar-refractivity contribution in [2.24, 2.45) is 7.05 Å². The van der Waals surface area contributed by atoms with Crippen molar-refractivity contribution >= 4 is 23.2 Å². The molecule has 1 aliphatic rings. The van der Waals surface area contributed by atoms with Gasteiger partial charge in [-0.25, -0.2) is 0 Å². The first-order valence-electron chi connectivity index (χ1n) is 8.13. The monoisotopic (exact) mass is 347 g/mol. The number of halogens is 1. The van der Waals surface area contributed by atoms with Crippen LogP contribution in [0, 0.1) is 13.8 Å². The summed E-state index contributed by atoms with van der Waals surface area (Å²) >= 11 is 6.26. The molecular formula is C17H22ClN5O. The van der Waals surface area contributed by atoms with Gasteiger partial charge in [-0.3, -0.25) is 14.5 Å². The summed E-state index contributed by atoms with van der Waals surface area (Å²) in [6.07, 6.45) is 2.74. The van der Waals surface area contributed by atoms with Crippen LogP contribution in [0.4, 0.5) is 5.69 Å². The number of hydrogen-bond acceptors (Lipinski definition) is 4. The molecule has 2 aromatic rings. The van der Waals surface area contributed by atoms with E-state index in [1.807, 2.05) is 31.0 Å². The first-order valence-corrected chi connectivity index (χ1v) is 8.51. The highest BCUT2D eigenvalue weighted by Gasteiger charge is 2.25. The molecule has 1 fully saturated rings. The highest BCUT2D eigenvalue weighted by atomic mass is 35.5. The fourth-order valence-corrected chi connectivity index (χ4v) is 3.22. The Balaban J connectivity index is 1.73. The summed E-state index contributed by atoms with van der Waals surface area (Å²) < 4.78 is 1.65. The van der Waals surface area contributed by atoms with Crippen LogP contribution >= 0.6 is 11.6 Å². The topological polar surface area (TPSA) is 54.3 Å². The predicted octanol–water partition coefficient (Wildman–Crippen LogP) is 2.44. The lowest BCUT2D eigenvalue weighted by Crippen LogP contribution is -2.35. The number of rotatable bonds is 2. The first-order chi connectivity index (χ1) is 11.5. The molecule has 7 heteroatoms. The molecular weight excluding hydrogens is 326 g/mol. The number of carbonyl (C=O) groups is 1. The van der Waals surface area contributed by atoms with Crippen LogP contribution in [0.1, 0.15) is 28.3 Å². The van der Waals surface area contributed by atoms with Gasteiger partial charge in [-0.1, -0.05) is 11.6 Å². The summed E-state index contributed by atoms with van der Waals surface area (Å²) in [5.41, 5.74) is 3.32. The number of amides is 1. The van der Waals surface area contributed by atoms with E-state index in [0.29, 0.717) is 23.8 Å². The van der Waals surface area contributed by atoms with E-state index in [2.05, 4.69) is 21.0 Å². The van der Waals surface area contributed by atoms with Gasteiger partial charge in [-0.05, 0) is 32.4 Å². The zero-order valence-corrected chi connectivity index (χ0v) is 15.0. The van der Waals surface area contributed by atoms with Crippen molar-refractivity contribution in [1.82, 2.24) is 19.7 Å². The van der Waals surface area contributed by atoms with Crippen LogP contribution < -0.4 is 4.90 Å². The van der Waals surface area contributed by atoms with E-state index in [1.54, 1.807) is 11.7 Å². The summed E-state index contributed by atoms with van der Waals surface area (Å²) in [5.74, 6) is -0.0866. The quantitative estimate of drug-likeness (QED) is 0.837. The van der Waals surface area contributed by atoms with E-state index >= 15 is 0 Å². The lowest BCUT2D eigenvalue weighted by atomic mass is 10.3. The van der Waals surface area contributed by atoms with E-state index in [4.69, 9.17) is 11.6 Å². The van der Waals surface area contributed by atoms with E-state index in [9.17, 15) is 4.79 Å². The Bertz CT molecular complexity index is 757. The molecule has 1 aliphatic heterocycles. The second-order valence-electron chi connectivity index (χ2n) is 6.16. The molecule has 6 nitrogen and oxygen atoms in total. The summed E-state index contributed by atoms with van der Waals surface area (Å²) in [6.45, 7) is 6.93. The van der Waals surface area contributed by atoms with E-state index in [1.165, 1.54) is 0 Å². The smallest absolute Gasteiger partial charge is 0.275 e. The second-order valence-corrected chi connectivity index (χ2v) is 6.54. The standard InChI is InChI=1S/C17H22ClN5O/c1-12-11-14(5-6-19-12)22-7-4-8-23(10-9-22)17(24)16-15(18)13(2)21(3)20-16/h5-6,11H,4,7-10H2,1-3H3. The predicted molar refractivity (Wildman–Crippen MR) is 94.7 cm³/mol. The van der Waals surface area contributed by atoms with Gasteiger partial charge in [-0.15, -0.1) is 0 Å². The van der Waals surface area contributed by atoms with Gasteiger partial charge in [0.15, 0.2) is 5.69 Å². The van der Waals surface area contributed by atoms with Gasteiger partial charge in [0, 0.05) is 50.8 Å². The van der Waals surface area contributed by atoms with Gasteiger partial charge in [0.1, 0.15) is 0 Å². The number of nitrogens with zero attached hydrogens (tertiary/aromatic N) is 5. The van der Waals surface area contributed by atoms with Crippen LogP contribution in [0.2, 0.25) is 5.02 Å². The Hall–Kier alpha value is -2.08. The molecule has 0 aliphatic carbocycles. The van der Waals surface area contributed by atoms with Gasteiger partial charge in [0.05, 0.1) is 10.7 Å². The normalized spacial score (nSPS) is 15.5. The molecule has 0 unspecified atom stereocenters. The molecule has 0 aromatic carbocycles. The Morgan fingerprint density at radius 2 is 2.00 bits per heavy atom. The van der Waals surface area contributed by atoms with Gasteiger partial charge >= 0.3 is 0 Å². The van der Waals surface area contributed by atoms with Gasteiger partial charge in [0.2, 0.25) is 0 Å².